The lowest BCUT2D eigenvalue weighted by Gasteiger charge is -2.09. The molecule has 1 aromatic heterocycles. The van der Waals surface area contributed by atoms with E-state index in [1.165, 1.54) is 36.7 Å². The molecule has 0 fully saturated rings. The maximum absolute atomic E-state index is 12.9. The van der Waals surface area contributed by atoms with Crippen LogP contribution in [0.15, 0.2) is 53.4 Å². The molecule has 0 saturated carbocycles. The van der Waals surface area contributed by atoms with Crippen LogP contribution in [0.5, 0.6) is 11.5 Å². The summed E-state index contributed by atoms with van der Waals surface area (Å²) >= 11 is 1.18. The van der Waals surface area contributed by atoms with E-state index in [4.69, 9.17) is 9.47 Å². The Balaban J connectivity index is 1.96. The van der Waals surface area contributed by atoms with Crippen LogP contribution in [0.4, 0.5) is 5.00 Å². The van der Waals surface area contributed by atoms with E-state index in [9.17, 15) is 20.0 Å². The van der Waals surface area contributed by atoms with Gasteiger partial charge in [0.05, 0.1) is 13.7 Å². The normalized spacial score (nSPS) is 10.9. The number of esters is 1. The first kappa shape index (κ1) is 23.6. The van der Waals surface area contributed by atoms with Gasteiger partial charge in [-0.1, -0.05) is 35.9 Å². The number of benzene rings is 2. The van der Waals surface area contributed by atoms with Crippen LogP contribution in [0, 0.1) is 18.3 Å². The number of aromatic hydroxyl groups is 1. The second-order valence-electron chi connectivity index (χ2n) is 7.00. The summed E-state index contributed by atoms with van der Waals surface area (Å²) in [6.45, 7) is 3.85. The number of amides is 1. The van der Waals surface area contributed by atoms with Gasteiger partial charge in [0, 0.05) is 10.9 Å². The highest BCUT2D eigenvalue weighted by molar-refractivity contribution is 7.15. The van der Waals surface area contributed by atoms with Crippen molar-refractivity contribution in [3.05, 3.63) is 70.1 Å². The number of nitrogens with one attached hydrogen (secondary N) is 1. The average molecular weight is 463 g/mol. The number of carbonyl (C=O) groups is 2. The Morgan fingerprint density at radius 1 is 1.21 bits per heavy atom. The van der Waals surface area contributed by atoms with E-state index in [0.717, 1.165) is 11.1 Å². The molecule has 8 heteroatoms. The third-order valence-corrected chi connectivity index (χ3v) is 5.64. The molecule has 0 aliphatic rings. The summed E-state index contributed by atoms with van der Waals surface area (Å²) < 4.78 is 10.3. The Bertz CT molecular complexity index is 1250. The summed E-state index contributed by atoms with van der Waals surface area (Å²) in [6, 6.07) is 14.0. The number of rotatable bonds is 7. The summed E-state index contributed by atoms with van der Waals surface area (Å²) in [7, 11) is 1.40. The van der Waals surface area contributed by atoms with E-state index in [1.807, 2.05) is 37.3 Å². The standard InChI is InChI=1S/C25H22N2O5S/c1-4-32-25(30)22-19(17-8-5-15(2)6-9-17)14-33-24(22)27-23(29)18(13-26)11-16-7-10-20(28)21(12-16)31-3/h5-12,14,28H,4H2,1-3H3,(H,27,29)/b18-11-. The minimum absolute atomic E-state index is 0.0566. The molecule has 1 amide bonds. The van der Waals surface area contributed by atoms with Gasteiger partial charge in [-0.3, -0.25) is 4.79 Å². The molecular formula is C25H22N2O5S. The molecule has 1 heterocycles. The summed E-state index contributed by atoms with van der Waals surface area (Å²) in [5, 5.41) is 24.0. The first-order chi connectivity index (χ1) is 15.9. The van der Waals surface area contributed by atoms with Gasteiger partial charge in [0.15, 0.2) is 11.5 Å². The lowest BCUT2D eigenvalue weighted by Crippen LogP contribution is -2.16. The predicted octanol–water partition coefficient (Wildman–Crippen LogP) is 5.16. The van der Waals surface area contributed by atoms with Crippen molar-refractivity contribution in [1.82, 2.24) is 0 Å². The van der Waals surface area contributed by atoms with Crippen LogP contribution in [0.25, 0.3) is 17.2 Å². The number of phenolic OH excluding ortho intramolecular Hbond substituents is 1. The molecule has 0 saturated heterocycles. The molecule has 3 aromatic rings. The monoisotopic (exact) mass is 462 g/mol. The van der Waals surface area contributed by atoms with Crippen LogP contribution < -0.4 is 10.1 Å². The number of phenols is 1. The number of carbonyl (C=O) groups excluding carboxylic acids is 2. The maximum atomic E-state index is 12.9. The first-order valence-electron chi connectivity index (χ1n) is 10.0. The zero-order valence-electron chi connectivity index (χ0n) is 18.3. The second-order valence-corrected chi connectivity index (χ2v) is 7.87. The van der Waals surface area contributed by atoms with Crippen molar-refractivity contribution in [3.8, 4) is 28.7 Å². The van der Waals surface area contributed by atoms with Gasteiger partial charge in [0.25, 0.3) is 5.91 Å². The number of nitrogens with zero attached hydrogens (tertiary/aromatic N) is 1. The number of ether oxygens (including phenoxy) is 2. The molecular weight excluding hydrogens is 440 g/mol. The number of methoxy groups -OCH3 is 1. The van der Waals surface area contributed by atoms with Gasteiger partial charge >= 0.3 is 5.97 Å². The Labute approximate surface area is 195 Å². The Morgan fingerprint density at radius 2 is 1.94 bits per heavy atom. The zero-order valence-corrected chi connectivity index (χ0v) is 19.2. The fraction of sp³-hybridized carbons (Fsp3) is 0.160. The van der Waals surface area contributed by atoms with Crippen molar-refractivity contribution in [1.29, 1.82) is 5.26 Å². The van der Waals surface area contributed by atoms with Crippen LogP contribution in [-0.4, -0.2) is 30.7 Å². The number of nitriles is 1. The van der Waals surface area contributed by atoms with Gasteiger partial charge in [-0.15, -0.1) is 11.3 Å². The SMILES string of the molecule is CCOC(=O)c1c(-c2ccc(C)cc2)csc1NC(=O)/C(C#N)=C\c1ccc(O)c(OC)c1. The van der Waals surface area contributed by atoms with Crippen LogP contribution in [0.1, 0.15) is 28.4 Å². The summed E-state index contributed by atoms with van der Waals surface area (Å²) in [4.78, 5) is 25.6. The van der Waals surface area contributed by atoms with E-state index in [1.54, 1.807) is 18.4 Å². The van der Waals surface area contributed by atoms with Crippen molar-refractivity contribution in [2.75, 3.05) is 19.0 Å². The molecule has 0 bridgehead atoms. The molecule has 168 valence electrons. The van der Waals surface area contributed by atoms with Gasteiger partial charge in [0.1, 0.15) is 22.2 Å². The first-order valence-corrected chi connectivity index (χ1v) is 10.9. The fourth-order valence-corrected chi connectivity index (χ4v) is 4.02. The molecule has 7 nitrogen and oxygen atoms in total. The van der Waals surface area contributed by atoms with E-state index < -0.39 is 11.9 Å². The second kappa shape index (κ2) is 10.5. The van der Waals surface area contributed by atoms with E-state index in [0.29, 0.717) is 16.1 Å². The van der Waals surface area contributed by atoms with Gasteiger partial charge < -0.3 is 19.9 Å². The fourth-order valence-electron chi connectivity index (χ4n) is 3.07. The highest BCUT2D eigenvalue weighted by atomic mass is 32.1. The quantitative estimate of drug-likeness (QED) is 0.285. The molecule has 3 rings (SSSR count). The smallest absolute Gasteiger partial charge is 0.341 e. The highest BCUT2D eigenvalue weighted by Crippen LogP contribution is 2.36. The van der Waals surface area contributed by atoms with Crippen LogP contribution in [0.3, 0.4) is 0 Å². The Kier molecular flexibility index (Phi) is 7.49. The van der Waals surface area contributed by atoms with Crippen LogP contribution >= 0.6 is 11.3 Å². The molecule has 0 unspecified atom stereocenters. The highest BCUT2D eigenvalue weighted by Gasteiger charge is 2.23. The number of aryl methyl sites for hydroxylation is 1. The van der Waals surface area contributed by atoms with Gasteiger partial charge in [0.2, 0.25) is 0 Å². The largest absolute Gasteiger partial charge is 0.504 e. The maximum Gasteiger partial charge on any atom is 0.341 e. The lowest BCUT2D eigenvalue weighted by atomic mass is 10.0. The van der Waals surface area contributed by atoms with Crippen LogP contribution in [0.2, 0.25) is 0 Å². The van der Waals surface area contributed by atoms with E-state index in [-0.39, 0.29) is 29.2 Å². The summed E-state index contributed by atoms with van der Waals surface area (Å²) in [5.74, 6) is -1.08. The molecule has 0 radical (unpaired) electrons. The molecule has 33 heavy (non-hydrogen) atoms. The molecule has 0 aliphatic carbocycles. The molecule has 2 aromatic carbocycles. The van der Waals surface area contributed by atoms with Crippen molar-refractivity contribution in [2.24, 2.45) is 0 Å². The van der Waals surface area contributed by atoms with Crippen molar-refractivity contribution >= 4 is 34.3 Å². The van der Waals surface area contributed by atoms with Crippen LogP contribution in [-0.2, 0) is 9.53 Å². The zero-order chi connectivity index (χ0) is 24.0. The molecule has 0 aliphatic heterocycles. The topological polar surface area (TPSA) is 109 Å². The number of hydrogen-bond donors (Lipinski definition) is 2. The number of anilines is 1. The van der Waals surface area contributed by atoms with Crippen molar-refractivity contribution in [3.63, 3.8) is 0 Å². The number of thiophene rings is 1. The van der Waals surface area contributed by atoms with E-state index in [2.05, 4.69) is 5.32 Å². The summed E-state index contributed by atoms with van der Waals surface area (Å²) in [5.41, 5.74) is 3.08. The van der Waals surface area contributed by atoms with Crippen molar-refractivity contribution < 1.29 is 24.2 Å². The number of hydrogen-bond acceptors (Lipinski definition) is 7. The lowest BCUT2D eigenvalue weighted by molar-refractivity contribution is -0.112. The molecule has 0 atom stereocenters. The third kappa shape index (κ3) is 5.40. The van der Waals surface area contributed by atoms with Crippen molar-refractivity contribution in [2.45, 2.75) is 13.8 Å². The predicted molar refractivity (Wildman–Crippen MR) is 127 cm³/mol. The third-order valence-electron chi connectivity index (χ3n) is 4.74. The van der Waals surface area contributed by atoms with Gasteiger partial charge in [-0.05, 0) is 43.2 Å². The minimum atomic E-state index is -0.674. The van der Waals surface area contributed by atoms with Gasteiger partial charge in [-0.25, -0.2) is 4.79 Å². The Morgan fingerprint density at radius 3 is 2.58 bits per heavy atom. The Hall–Kier alpha value is -4.09. The average Bonchev–Trinajstić information content (AvgIpc) is 3.22. The molecule has 2 N–H and O–H groups in total. The molecule has 0 spiro atoms. The summed E-state index contributed by atoms with van der Waals surface area (Å²) in [6.07, 6.45) is 1.37. The van der Waals surface area contributed by atoms with E-state index >= 15 is 0 Å². The van der Waals surface area contributed by atoms with Gasteiger partial charge in [-0.2, -0.15) is 5.26 Å². The minimum Gasteiger partial charge on any atom is -0.504 e.